The Morgan fingerprint density at radius 2 is 2.00 bits per heavy atom. The van der Waals surface area contributed by atoms with Crippen LogP contribution < -0.4 is 10.5 Å². The highest BCUT2D eigenvalue weighted by molar-refractivity contribution is 6.32. The lowest BCUT2D eigenvalue weighted by molar-refractivity contribution is -0.138. The molecule has 0 heterocycles. The van der Waals surface area contributed by atoms with Crippen LogP contribution in [0.4, 0.5) is 0 Å². The third kappa shape index (κ3) is 6.00. The number of ether oxygens (including phenoxy) is 2. The van der Waals surface area contributed by atoms with Gasteiger partial charge in [-0.05, 0) is 88.8 Å². The molecule has 0 amide bonds. The summed E-state index contributed by atoms with van der Waals surface area (Å²) in [6.07, 6.45) is 8.39. The molecule has 1 aromatic carbocycles. The summed E-state index contributed by atoms with van der Waals surface area (Å²) in [7, 11) is 0. The summed E-state index contributed by atoms with van der Waals surface area (Å²) in [5.74, 6) is 1.04. The minimum atomic E-state index is -0.422. The van der Waals surface area contributed by atoms with Crippen molar-refractivity contribution in [3.8, 4) is 5.75 Å². The topological polar surface area (TPSA) is 73.9 Å². The maximum atomic E-state index is 11.9. The van der Waals surface area contributed by atoms with Crippen LogP contribution in [0.5, 0.6) is 5.75 Å². The molecule has 30 heavy (non-hydrogen) atoms. The Balaban J connectivity index is 1.47. The third-order valence-electron chi connectivity index (χ3n) is 6.02. The zero-order valence-corrected chi connectivity index (χ0v) is 18.8. The van der Waals surface area contributed by atoms with Crippen LogP contribution in [0.2, 0.25) is 5.02 Å². The lowest BCUT2D eigenvalue weighted by Gasteiger charge is -2.29. The molecule has 6 heteroatoms. The van der Waals surface area contributed by atoms with Gasteiger partial charge in [-0.1, -0.05) is 17.7 Å². The van der Waals surface area contributed by atoms with E-state index in [1.165, 1.54) is 0 Å². The molecule has 2 aliphatic rings. The maximum absolute atomic E-state index is 11.9. The molecule has 0 aromatic heterocycles. The molecule has 1 aromatic rings. The molecule has 0 aliphatic heterocycles. The highest BCUT2D eigenvalue weighted by atomic mass is 35.5. The lowest BCUT2D eigenvalue weighted by atomic mass is 9.85. The van der Waals surface area contributed by atoms with Crippen LogP contribution in [0.15, 0.2) is 34.5 Å². The summed E-state index contributed by atoms with van der Waals surface area (Å²) in [4.78, 5) is 16.7. The molecule has 3 rings (SSSR count). The Morgan fingerprint density at radius 1 is 1.23 bits per heavy atom. The number of allylic oxidation sites excluding steroid dienone is 1. The number of rotatable bonds is 7. The van der Waals surface area contributed by atoms with Crippen molar-refractivity contribution in [3.05, 3.63) is 40.1 Å². The summed E-state index contributed by atoms with van der Waals surface area (Å²) >= 11 is 6.26. The van der Waals surface area contributed by atoms with Gasteiger partial charge in [-0.2, -0.15) is 0 Å². The lowest BCUT2D eigenvalue weighted by Crippen LogP contribution is -2.24. The van der Waals surface area contributed by atoms with E-state index in [0.717, 1.165) is 80.5 Å². The molecule has 0 spiro atoms. The van der Waals surface area contributed by atoms with Gasteiger partial charge in [0.05, 0.1) is 17.7 Å². The number of benzene rings is 1. The highest BCUT2D eigenvalue weighted by Crippen LogP contribution is 2.33. The predicted octanol–water partition coefficient (Wildman–Crippen LogP) is 5.38. The van der Waals surface area contributed by atoms with Gasteiger partial charge in [0, 0.05) is 17.8 Å². The molecular formula is C24H33ClN2O3. The molecule has 0 unspecified atom stereocenters. The van der Waals surface area contributed by atoms with E-state index in [1.807, 2.05) is 25.1 Å². The molecule has 0 saturated heterocycles. The van der Waals surface area contributed by atoms with Gasteiger partial charge in [0.15, 0.2) is 0 Å². The van der Waals surface area contributed by atoms with Crippen LogP contribution in [0.1, 0.15) is 63.9 Å². The fourth-order valence-electron chi connectivity index (χ4n) is 4.33. The van der Waals surface area contributed by atoms with Crippen LogP contribution in [-0.4, -0.2) is 30.9 Å². The number of hydrogen-bond acceptors (Lipinski definition) is 5. The van der Waals surface area contributed by atoms with Crippen molar-refractivity contribution in [1.82, 2.24) is 0 Å². The monoisotopic (exact) mass is 432 g/mol. The number of halogens is 1. The van der Waals surface area contributed by atoms with E-state index in [9.17, 15) is 4.79 Å². The van der Waals surface area contributed by atoms with E-state index in [4.69, 9.17) is 31.8 Å². The molecule has 164 valence electrons. The Morgan fingerprint density at radius 3 is 2.73 bits per heavy atom. The second-order valence-corrected chi connectivity index (χ2v) is 8.69. The Bertz CT molecular complexity index is 811. The van der Waals surface area contributed by atoms with Gasteiger partial charge in [0.25, 0.3) is 0 Å². The van der Waals surface area contributed by atoms with Gasteiger partial charge >= 0.3 is 5.97 Å². The van der Waals surface area contributed by atoms with Crippen molar-refractivity contribution < 1.29 is 14.3 Å². The number of aliphatic imine (C=N–C) groups is 1. The van der Waals surface area contributed by atoms with Crippen molar-refractivity contribution >= 4 is 23.3 Å². The molecule has 2 N–H and O–H groups in total. The average molecular weight is 433 g/mol. The average Bonchev–Trinajstić information content (AvgIpc) is 3.20. The molecule has 2 fully saturated rings. The number of nitrogens with two attached hydrogens (primary N) is 1. The first-order valence-electron chi connectivity index (χ1n) is 11.1. The summed E-state index contributed by atoms with van der Waals surface area (Å²) in [5, 5.41) is 0.682. The molecular weight excluding hydrogens is 400 g/mol. The summed E-state index contributed by atoms with van der Waals surface area (Å²) in [5.41, 5.74) is 9.29. The van der Waals surface area contributed by atoms with Crippen molar-refractivity contribution in [3.63, 3.8) is 0 Å². The summed E-state index contributed by atoms with van der Waals surface area (Å²) in [6, 6.07) is 5.91. The molecule has 5 nitrogen and oxygen atoms in total. The third-order valence-corrected chi connectivity index (χ3v) is 6.34. The first kappa shape index (κ1) is 22.7. The summed E-state index contributed by atoms with van der Waals surface area (Å²) < 4.78 is 11.2. The minimum absolute atomic E-state index is 0.237. The number of hydrogen-bond donors (Lipinski definition) is 1. The van der Waals surface area contributed by atoms with Gasteiger partial charge in [-0.15, -0.1) is 0 Å². The zero-order chi connectivity index (χ0) is 21.5. The van der Waals surface area contributed by atoms with Crippen molar-refractivity contribution in [1.29, 1.82) is 0 Å². The number of nitrogens with zero attached hydrogens (tertiary/aromatic N) is 1. The fourth-order valence-corrected chi connectivity index (χ4v) is 4.49. The van der Waals surface area contributed by atoms with E-state index in [1.54, 1.807) is 6.92 Å². The molecule has 0 bridgehead atoms. The standard InChI is InChI=1S/C24H33ClN2O3/c1-3-29-24(28)23(26)19-5-4-6-21(19)27-14-13-17-8-10-18(11-9-17)30-22-15-16(2)7-12-20(22)25/h7,12,15,17-18H,3-6,8-11,13-14,26H2,1-2H3/b23-19-,27-21?. The fraction of sp³-hybridized carbons (Fsp3) is 0.583. The van der Waals surface area contributed by atoms with Crippen LogP contribution in [0.25, 0.3) is 0 Å². The van der Waals surface area contributed by atoms with Gasteiger partial charge in [0.2, 0.25) is 0 Å². The van der Waals surface area contributed by atoms with Crippen molar-refractivity contribution in [2.45, 2.75) is 71.3 Å². The minimum Gasteiger partial charge on any atom is -0.489 e. The first-order chi connectivity index (χ1) is 14.5. The Kier molecular flexibility index (Phi) is 8.20. The Hall–Kier alpha value is -2.01. The van der Waals surface area contributed by atoms with E-state index < -0.39 is 5.97 Å². The first-order valence-corrected chi connectivity index (χ1v) is 11.5. The van der Waals surface area contributed by atoms with E-state index in [0.29, 0.717) is 17.5 Å². The van der Waals surface area contributed by atoms with Gasteiger partial charge in [-0.3, -0.25) is 4.99 Å². The molecule has 0 atom stereocenters. The number of esters is 1. The highest BCUT2D eigenvalue weighted by Gasteiger charge is 2.24. The second kappa shape index (κ2) is 10.9. The van der Waals surface area contributed by atoms with Crippen LogP contribution in [0, 0.1) is 12.8 Å². The van der Waals surface area contributed by atoms with Crippen molar-refractivity contribution in [2.75, 3.05) is 13.2 Å². The Labute approximate surface area is 184 Å². The number of aryl methyl sites for hydroxylation is 1. The van der Waals surface area contributed by atoms with Gasteiger partial charge < -0.3 is 15.2 Å². The number of carbonyl (C=O) groups excluding carboxylic acids is 1. The van der Waals surface area contributed by atoms with Crippen molar-refractivity contribution in [2.24, 2.45) is 16.6 Å². The summed E-state index contributed by atoms with van der Waals surface area (Å²) in [6.45, 7) is 4.96. The van der Waals surface area contributed by atoms with Gasteiger partial charge in [0.1, 0.15) is 11.4 Å². The van der Waals surface area contributed by atoms with Crippen LogP contribution >= 0.6 is 11.6 Å². The largest absolute Gasteiger partial charge is 0.489 e. The normalized spacial score (nSPS) is 24.7. The SMILES string of the molecule is CCOC(=O)/C(N)=C1\CCCC1=NCCC1CCC(Oc2cc(C)ccc2Cl)CC1. The maximum Gasteiger partial charge on any atom is 0.354 e. The van der Waals surface area contributed by atoms with E-state index in [2.05, 4.69) is 0 Å². The smallest absolute Gasteiger partial charge is 0.354 e. The van der Waals surface area contributed by atoms with E-state index in [-0.39, 0.29) is 11.8 Å². The van der Waals surface area contributed by atoms with Crippen LogP contribution in [0.3, 0.4) is 0 Å². The molecule has 2 aliphatic carbocycles. The van der Waals surface area contributed by atoms with Gasteiger partial charge in [-0.25, -0.2) is 4.79 Å². The molecule has 0 radical (unpaired) electrons. The number of carbonyl (C=O) groups is 1. The quantitative estimate of drug-likeness (QED) is 0.463. The molecule has 2 saturated carbocycles. The van der Waals surface area contributed by atoms with E-state index >= 15 is 0 Å². The second-order valence-electron chi connectivity index (χ2n) is 8.28. The van der Waals surface area contributed by atoms with Crippen LogP contribution in [-0.2, 0) is 9.53 Å². The zero-order valence-electron chi connectivity index (χ0n) is 18.1. The predicted molar refractivity (Wildman–Crippen MR) is 121 cm³/mol.